The zero-order chi connectivity index (χ0) is 13.0. The maximum atomic E-state index is 12.4. The molecule has 19 heavy (non-hydrogen) atoms. The summed E-state index contributed by atoms with van der Waals surface area (Å²) in [5.74, 6) is 0.0885. The Morgan fingerprint density at radius 3 is 2.95 bits per heavy atom. The number of nitrogens with zero attached hydrogens (tertiary/aromatic N) is 1. The predicted molar refractivity (Wildman–Crippen MR) is 79.9 cm³/mol. The average molecular weight is 305 g/mol. The molecule has 1 amide bonds. The molecule has 4 nitrogen and oxygen atoms in total. The molecule has 1 saturated heterocycles. The van der Waals surface area contributed by atoms with Crippen LogP contribution in [0.25, 0.3) is 0 Å². The fourth-order valence-electron chi connectivity index (χ4n) is 1.99. The maximum Gasteiger partial charge on any atom is 0.253 e. The van der Waals surface area contributed by atoms with E-state index in [1.807, 2.05) is 30.2 Å². The minimum absolute atomic E-state index is 0. The molecule has 1 aliphatic heterocycles. The molecule has 0 saturated carbocycles. The van der Waals surface area contributed by atoms with Gasteiger partial charge in [-0.2, -0.15) is 0 Å². The van der Waals surface area contributed by atoms with E-state index in [2.05, 4.69) is 11.4 Å². The van der Waals surface area contributed by atoms with Crippen LogP contribution in [-0.4, -0.2) is 42.6 Å². The molecule has 1 aromatic rings. The van der Waals surface area contributed by atoms with E-state index >= 15 is 0 Å². The third-order valence-electron chi connectivity index (χ3n) is 3.02. The molecule has 0 aliphatic carbocycles. The van der Waals surface area contributed by atoms with Crippen molar-refractivity contribution < 1.29 is 9.53 Å². The number of ether oxygens (including phenoxy) is 1. The summed E-state index contributed by atoms with van der Waals surface area (Å²) in [5.41, 5.74) is 0. The van der Waals surface area contributed by atoms with Crippen LogP contribution >= 0.6 is 23.7 Å². The fourth-order valence-corrected chi connectivity index (χ4v) is 2.70. The predicted octanol–water partition coefficient (Wildman–Crippen LogP) is 1.90. The summed E-state index contributed by atoms with van der Waals surface area (Å²) in [6.07, 6.45) is -0.332. The molecule has 0 spiro atoms. The minimum Gasteiger partial charge on any atom is -0.366 e. The van der Waals surface area contributed by atoms with E-state index in [0.29, 0.717) is 19.7 Å². The largest absolute Gasteiger partial charge is 0.366 e. The van der Waals surface area contributed by atoms with Gasteiger partial charge in [-0.1, -0.05) is 6.07 Å². The molecular weight excluding hydrogens is 284 g/mol. The van der Waals surface area contributed by atoms with Gasteiger partial charge >= 0.3 is 0 Å². The van der Waals surface area contributed by atoms with Gasteiger partial charge in [0.15, 0.2) is 0 Å². The van der Waals surface area contributed by atoms with E-state index in [1.165, 1.54) is 4.88 Å². The Morgan fingerprint density at radius 2 is 2.42 bits per heavy atom. The van der Waals surface area contributed by atoms with Crippen molar-refractivity contribution >= 4 is 29.7 Å². The normalized spacial score (nSPS) is 19.0. The summed E-state index contributed by atoms with van der Waals surface area (Å²) >= 11 is 1.68. The summed E-state index contributed by atoms with van der Waals surface area (Å²) < 4.78 is 5.54. The van der Waals surface area contributed by atoms with Crippen LogP contribution < -0.4 is 5.32 Å². The van der Waals surface area contributed by atoms with Gasteiger partial charge in [0, 0.05) is 24.0 Å². The van der Waals surface area contributed by atoms with Crippen LogP contribution in [-0.2, 0) is 16.1 Å². The summed E-state index contributed by atoms with van der Waals surface area (Å²) in [4.78, 5) is 15.5. The van der Waals surface area contributed by atoms with Crippen molar-refractivity contribution in [1.82, 2.24) is 10.2 Å². The molecule has 0 aromatic carbocycles. The first kappa shape index (κ1) is 16.4. The number of morpholine rings is 1. The Morgan fingerprint density at radius 1 is 1.63 bits per heavy atom. The number of thiophene rings is 1. The van der Waals surface area contributed by atoms with E-state index in [9.17, 15) is 4.79 Å². The minimum atomic E-state index is -0.332. The van der Waals surface area contributed by atoms with Gasteiger partial charge in [-0.05, 0) is 25.3 Å². The van der Waals surface area contributed by atoms with Crippen molar-refractivity contribution in [2.75, 3.05) is 19.7 Å². The number of hydrogen-bond donors (Lipinski definition) is 1. The summed E-state index contributed by atoms with van der Waals surface area (Å²) in [5, 5.41) is 5.24. The highest BCUT2D eigenvalue weighted by molar-refractivity contribution is 7.09. The van der Waals surface area contributed by atoms with E-state index in [1.54, 1.807) is 11.3 Å². The van der Waals surface area contributed by atoms with Crippen molar-refractivity contribution in [2.45, 2.75) is 32.5 Å². The summed E-state index contributed by atoms with van der Waals surface area (Å²) in [6, 6.07) is 4.26. The molecular formula is C13H21ClN2O2S. The first-order valence-corrected chi connectivity index (χ1v) is 7.21. The van der Waals surface area contributed by atoms with Crippen LogP contribution in [0, 0.1) is 0 Å². The molecule has 1 atom stereocenters. The number of amides is 1. The fraction of sp³-hybridized carbons (Fsp3) is 0.615. The standard InChI is InChI=1S/C13H20N2O2S.ClH/c1-10(2)15(9-11-4-3-7-18-11)13(16)12-8-14-5-6-17-12;/h3-4,7,10,12,14H,5-6,8-9H2,1-2H3;1H. The van der Waals surface area contributed by atoms with Crippen molar-refractivity contribution in [3.8, 4) is 0 Å². The molecule has 2 rings (SSSR count). The van der Waals surface area contributed by atoms with E-state index in [4.69, 9.17) is 4.74 Å². The first-order valence-electron chi connectivity index (χ1n) is 6.33. The third-order valence-corrected chi connectivity index (χ3v) is 3.88. The van der Waals surface area contributed by atoms with E-state index in [0.717, 1.165) is 6.54 Å². The highest BCUT2D eigenvalue weighted by atomic mass is 35.5. The monoisotopic (exact) mass is 304 g/mol. The Labute approximate surface area is 124 Å². The summed E-state index contributed by atoms with van der Waals surface area (Å²) in [6.45, 7) is 6.82. The average Bonchev–Trinajstić information content (AvgIpc) is 2.89. The highest BCUT2D eigenvalue weighted by Crippen LogP contribution is 2.16. The number of nitrogens with one attached hydrogen (secondary N) is 1. The van der Waals surface area contributed by atoms with E-state index < -0.39 is 0 Å². The molecule has 1 fully saturated rings. The van der Waals surface area contributed by atoms with Gasteiger partial charge in [0.25, 0.3) is 5.91 Å². The zero-order valence-electron chi connectivity index (χ0n) is 11.3. The molecule has 0 radical (unpaired) electrons. The van der Waals surface area contributed by atoms with Gasteiger partial charge in [-0.15, -0.1) is 23.7 Å². The van der Waals surface area contributed by atoms with Crippen LogP contribution in [0.15, 0.2) is 17.5 Å². The third kappa shape index (κ3) is 4.45. The quantitative estimate of drug-likeness (QED) is 0.924. The van der Waals surface area contributed by atoms with Gasteiger partial charge in [-0.25, -0.2) is 0 Å². The second kappa shape index (κ2) is 7.85. The smallest absolute Gasteiger partial charge is 0.253 e. The van der Waals surface area contributed by atoms with Crippen molar-refractivity contribution in [1.29, 1.82) is 0 Å². The lowest BCUT2D eigenvalue weighted by molar-refractivity contribution is -0.147. The number of carbonyl (C=O) groups is 1. The molecule has 1 aliphatic rings. The molecule has 6 heteroatoms. The lowest BCUT2D eigenvalue weighted by Crippen LogP contribution is -2.50. The Balaban J connectivity index is 0.00000180. The van der Waals surface area contributed by atoms with Crippen molar-refractivity contribution in [3.05, 3.63) is 22.4 Å². The van der Waals surface area contributed by atoms with E-state index in [-0.39, 0.29) is 30.5 Å². The first-order chi connectivity index (χ1) is 8.68. The number of rotatable bonds is 4. The van der Waals surface area contributed by atoms with Gasteiger partial charge in [0.2, 0.25) is 0 Å². The van der Waals surface area contributed by atoms with Crippen LogP contribution in [0.4, 0.5) is 0 Å². The zero-order valence-corrected chi connectivity index (χ0v) is 12.9. The number of carbonyl (C=O) groups excluding carboxylic acids is 1. The molecule has 1 aromatic heterocycles. The van der Waals surface area contributed by atoms with Crippen LogP contribution in [0.3, 0.4) is 0 Å². The second-order valence-electron chi connectivity index (χ2n) is 4.70. The SMILES string of the molecule is CC(C)N(Cc1cccs1)C(=O)C1CNCCO1.Cl. The van der Waals surface area contributed by atoms with Gasteiger partial charge in [0.1, 0.15) is 6.10 Å². The lowest BCUT2D eigenvalue weighted by atomic mass is 10.2. The van der Waals surface area contributed by atoms with Crippen molar-refractivity contribution in [2.24, 2.45) is 0 Å². The van der Waals surface area contributed by atoms with Crippen LogP contribution in [0.5, 0.6) is 0 Å². The van der Waals surface area contributed by atoms with Gasteiger partial charge in [0.05, 0.1) is 13.2 Å². The van der Waals surface area contributed by atoms with Crippen LogP contribution in [0.1, 0.15) is 18.7 Å². The van der Waals surface area contributed by atoms with Crippen LogP contribution in [0.2, 0.25) is 0 Å². The topological polar surface area (TPSA) is 41.6 Å². The highest BCUT2D eigenvalue weighted by Gasteiger charge is 2.28. The Hall–Kier alpha value is -0.620. The van der Waals surface area contributed by atoms with Gasteiger partial charge in [-0.3, -0.25) is 4.79 Å². The Bertz CT molecular complexity index is 378. The second-order valence-corrected chi connectivity index (χ2v) is 5.74. The maximum absolute atomic E-state index is 12.4. The molecule has 1 unspecified atom stereocenters. The molecule has 0 bridgehead atoms. The Kier molecular flexibility index (Phi) is 6.79. The number of hydrogen-bond acceptors (Lipinski definition) is 4. The number of halogens is 1. The lowest BCUT2D eigenvalue weighted by Gasteiger charge is -2.32. The molecule has 108 valence electrons. The molecule has 2 heterocycles. The molecule has 1 N–H and O–H groups in total. The van der Waals surface area contributed by atoms with Gasteiger partial charge < -0.3 is 15.0 Å². The summed E-state index contributed by atoms with van der Waals surface area (Å²) in [7, 11) is 0. The van der Waals surface area contributed by atoms with Crippen molar-refractivity contribution in [3.63, 3.8) is 0 Å².